The van der Waals surface area contributed by atoms with E-state index >= 15 is 0 Å². The molecule has 124 valence electrons. The van der Waals surface area contributed by atoms with Crippen LogP contribution in [0, 0.1) is 0 Å². The van der Waals surface area contributed by atoms with Gasteiger partial charge in [-0.2, -0.15) is 0 Å². The summed E-state index contributed by atoms with van der Waals surface area (Å²) in [7, 11) is 0. The minimum Gasteiger partial charge on any atom is -0.390 e. The van der Waals surface area contributed by atoms with Gasteiger partial charge in [-0.25, -0.2) is 0 Å². The molecule has 1 aliphatic heterocycles. The van der Waals surface area contributed by atoms with Gasteiger partial charge in [-0.15, -0.1) is 0 Å². The van der Waals surface area contributed by atoms with Gasteiger partial charge in [0.1, 0.15) is 18.3 Å². The average Bonchev–Trinajstić information content (AvgIpc) is 2.49. The molecule has 9 nitrogen and oxygen atoms in total. The second-order valence-electron chi connectivity index (χ2n) is 5.83. The second-order valence-corrected chi connectivity index (χ2v) is 5.83. The molecule has 1 saturated heterocycles. The van der Waals surface area contributed by atoms with E-state index in [9.17, 15) is 15.3 Å². The number of rotatable bonds is 3. The molecule has 9 atom stereocenters. The van der Waals surface area contributed by atoms with Gasteiger partial charge < -0.3 is 47.7 Å². The minimum absolute atomic E-state index is 0.177. The highest BCUT2D eigenvalue weighted by molar-refractivity contribution is 5.03. The van der Waals surface area contributed by atoms with Gasteiger partial charge in [-0.05, 0) is 12.8 Å². The molecule has 21 heavy (non-hydrogen) atoms. The molecule has 0 aromatic heterocycles. The third kappa shape index (κ3) is 3.36. The molecule has 1 aliphatic carbocycles. The van der Waals surface area contributed by atoms with E-state index in [-0.39, 0.29) is 6.10 Å². The van der Waals surface area contributed by atoms with Crippen molar-refractivity contribution < 1.29 is 24.8 Å². The molecule has 1 heterocycles. The predicted molar refractivity (Wildman–Crippen MR) is 73.8 cm³/mol. The Balaban J connectivity index is 2.06. The van der Waals surface area contributed by atoms with E-state index in [0.29, 0.717) is 13.0 Å². The zero-order chi connectivity index (χ0) is 15.7. The average molecular weight is 306 g/mol. The molecule has 0 aromatic rings. The van der Waals surface area contributed by atoms with Crippen molar-refractivity contribution in [2.75, 3.05) is 6.54 Å². The van der Waals surface area contributed by atoms with Crippen LogP contribution in [-0.2, 0) is 9.47 Å². The molecule has 11 N–H and O–H groups in total. The Bertz CT molecular complexity index is 334. The molecule has 0 radical (unpaired) electrons. The van der Waals surface area contributed by atoms with Crippen LogP contribution < -0.4 is 22.9 Å². The van der Waals surface area contributed by atoms with Gasteiger partial charge in [0.25, 0.3) is 0 Å². The van der Waals surface area contributed by atoms with Crippen molar-refractivity contribution in [2.24, 2.45) is 22.9 Å². The van der Waals surface area contributed by atoms with Crippen LogP contribution >= 0.6 is 0 Å². The zero-order valence-electron chi connectivity index (χ0n) is 11.8. The van der Waals surface area contributed by atoms with Crippen LogP contribution in [-0.4, -0.2) is 76.8 Å². The first-order valence-corrected chi connectivity index (χ1v) is 7.18. The standard InChI is InChI=1S/C12H26N4O5/c13-3-4-1-2-5(14)12(20-4)21-11-7(16)8(17)6(15)9(18)10(11)19/h4-12,17-19H,1-3,13-16H2/t4?,5?,6?,7-,8?,9-,10?,11?,12+/m0/s1. The van der Waals surface area contributed by atoms with Crippen LogP contribution in [0.4, 0.5) is 0 Å². The Hall–Kier alpha value is -0.360. The third-order valence-electron chi connectivity index (χ3n) is 4.30. The summed E-state index contributed by atoms with van der Waals surface area (Å²) >= 11 is 0. The fourth-order valence-corrected chi connectivity index (χ4v) is 2.81. The van der Waals surface area contributed by atoms with Gasteiger partial charge in [0, 0.05) is 6.54 Å². The summed E-state index contributed by atoms with van der Waals surface area (Å²) < 4.78 is 11.2. The van der Waals surface area contributed by atoms with Gasteiger partial charge >= 0.3 is 0 Å². The lowest BCUT2D eigenvalue weighted by atomic mass is 9.82. The number of aliphatic hydroxyl groups is 3. The molecule has 6 unspecified atom stereocenters. The number of ether oxygens (including phenoxy) is 2. The molecule has 0 amide bonds. The van der Waals surface area contributed by atoms with Gasteiger partial charge in [0.2, 0.25) is 0 Å². The summed E-state index contributed by atoms with van der Waals surface area (Å²) in [4.78, 5) is 0. The van der Waals surface area contributed by atoms with Crippen molar-refractivity contribution >= 4 is 0 Å². The minimum atomic E-state index is -1.34. The van der Waals surface area contributed by atoms with Crippen LogP contribution in [0.15, 0.2) is 0 Å². The quantitative estimate of drug-likeness (QED) is 0.272. The molecule has 2 rings (SSSR count). The Morgan fingerprint density at radius 2 is 1.62 bits per heavy atom. The van der Waals surface area contributed by atoms with Gasteiger partial charge in [0.15, 0.2) is 6.29 Å². The smallest absolute Gasteiger partial charge is 0.173 e. The zero-order valence-corrected chi connectivity index (χ0v) is 11.8. The van der Waals surface area contributed by atoms with Gasteiger partial charge in [-0.1, -0.05) is 0 Å². The van der Waals surface area contributed by atoms with E-state index in [2.05, 4.69) is 0 Å². The van der Waals surface area contributed by atoms with Crippen molar-refractivity contribution in [3.8, 4) is 0 Å². The van der Waals surface area contributed by atoms with E-state index in [4.69, 9.17) is 32.4 Å². The molecule has 0 bridgehead atoms. The summed E-state index contributed by atoms with van der Waals surface area (Å²) in [6.07, 6.45) is -4.47. The molecular weight excluding hydrogens is 280 g/mol. The molecule has 2 fully saturated rings. The van der Waals surface area contributed by atoms with Gasteiger partial charge in [0.05, 0.1) is 30.3 Å². The largest absolute Gasteiger partial charge is 0.390 e. The number of hydrogen-bond donors (Lipinski definition) is 7. The summed E-state index contributed by atoms with van der Waals surface area (Å²) in [5.74, 6) is 0. The molecular formula is C12H26N4O5. The number of nitrogens with two attached hydrogens (primary N) is 4. The molecule has 1 saturated carbocycles. The van der Waals surface area contributed by atoms with E-state index in [1.807, 2.05) is 0 Å². The lowest BCUT2D eigenvalue weighted by molar-refractivity contribution is -0.260. The monoisotopic (exact) mass is 306 g/mol. The van der Waals surface area contributed by atoms with Crippen LogP contribution in [0.2, 0.25) is 0 Å². The highest BCUT2D eigenvalue weighted by atomic mass is 16.7. The Kier molecular flexibility index (Phi) is 5.52. The van der Waals surface area contributed by atoms with E-state index in [1.165, 1.54) is 0 Å². The molecule has 0 aromatic carbocycles. The molecule has 9 heteroatoms. The Morgan fingerprint density at radius 3 is 2.24 bits per heavy atom. The highest BCUT2D eigenvalue weighted by Gasteiger charge is 2.48. The van der Waals surface area contributed by atoms with Crippen LogP contribution in [0.5, 0.6) is 0 Å². The fraction of sp³-hybridized carbons (Fsp3) is 1.00. The maximum absolute atomic E-state index is 10.1. The van der Waals surface area contributed by atoms with Crippen molar-refractivity contribution in [3.63, 3.8) is 0 Å². The first kappa shape index (κ1) is 17.0. The summed E-state index contributed by atoms with van der Waals surface area (Å²) in [5.41, 5.74) is 23.0. The van der Waals surface area contributed by atoms with E-state index in [0.717, 1.165) is 6.42 Å². The number of aliphatic hydroxyl groups excluding tert-OH is 3. The van der Waals surface area contributed by atoms with Crippen molar-refractivity contribution in [1.82, 2.24) is 0 Å². The lowest BCUT2D eigenvalue weighted by Gasteiger charge is -2.45. The number of hydrogen-bond acceptors (Lipinski definition) is 9. The van der Waals surface area contributed by atoms with Gasteiger partial charge in [-0.3, -0.25) is 0 Å². The van der Waals surface area contributed by atoms with Crippen LogP contribution in [0.25, 0.3) is 0 Å². The normalized spacial score (nSPS) is 51.9. The van der Waals surface area contributed by atoms with Crippen LogP contribution in [0.3, 0.4) is 0 Å². The maximum atomic E-state index is 10.1. The van der Waals surface area contributed by atoms with Crippen molar-refractivity contribution in [1.29, 1.82) is 0 Å². The van der Waals surface area contributed by atoms with E-state index in [1.54, 1.807) is 0 Å². The highest BCUT2D eigenvalue weighted by Crippen LogP contribution is 2.26. The Labute approximate surface area is 123 Å². The third-order valence-corrected chi connectivity index (χ3v) is 4.30. The molecule has 2 aliphatic rings. The first-order valence-electron chi connectivity index (χ1n) is 7.18. The van der Waals surface area contributed by atoms with E-state index < -0.39 is 48.8 Å². The topological polar surface area (TPSA) is 183 Å². The predicted octanol–water partition coefficient (Wildman–Crippen LogP) is -4.09. The summed E-state index contributed by atoms with van der Waals surface area (Å²) in [6, 6.07) is -2.38. The lowest BCUT2D eigenvalue weighted by Crippen LogP contribution is -2.70. The van der Waals surface area contributed by atoms with Crippen molar-refractivity contribution in [2.45, 2.75) is 67.8 Å². The maximum Gasteiger partial charge on any atom is 0.173 e. The molecule has 0 spiro atoms. The fourth-order valence-electron chi connectivity index (χ4n) is 2.81. The van der Waals surface area contributed by atoms with Crippen LogP contribution in [0.1, 0.15) is 12.8 Å². The van der Waals surface area contributed by atoms with Crippen molar-refractivity contribution in [3.05, 3.63) is 0 Å². The Morgan fingerprint density at radius 1 is 0.952 bits per heavy atom. The summed E-state index contributed by atoms with van der Waals surface area (Å²) in [6.45, 7) is 0.335. The SMILES string of the molecule is NCC1CCC(N)[C@@H](OC2C(O)[C@@H](O)C(N)C(O)[C@@H]2N)O1. The first-order chi connectivity index (χ1) is 9.86. The second kappa shape index (κ2) is 6.82. The summed E-state index contributed by atoms with van der Waals surface area (Å²) in [5, 5.41) is 29.8.